The molecule has 3 heteroatoms. The normalized spacial score (nSPS) is 16.2. The van der Waals surface area contributed by atoms with Crippen LogP contribution in [0.5, 0.6) is 5.88 Å². The first-order valence-corrected chi connectivity index (χ1v) is 4.19. The van der Waals surface area contributed by atoms with E-state index in [0.29, 0.717) is 11.8 Å². The molecule has 0 radical (unpaired) electrons. The number of rotatable bonds is 2. The molecule has 0 saturated heterocycles. The van der Waals surface area contributed by atoms with E-state index in [0.717, 1.165) is 5.69 Å². The first kappa shape index (κ1) is 7.53. The third-order valence-electron chi connectivity index (χ3n) is 2.12. The smallest absolute Gasteiger partial charge is 0.236 e. The van der Waals surface area contributed by atoms with Gasteiger partial charge >= 0.3 is 0 Å². The van der Waals surface area contributed by atoms with Crippen LogP contribution in [0.25, 0.3) is 0 Å². The second-order valence-electron chi connectivity index (χ2n) is 3.22. The quantitative estimate of drug-likeness (QED) is 0.667. The molecule has 1 fully saturated rings. The van der Waals surface area contributed by atoms with Crippen molar-refractivity contribution in [2.45, 2.75) is 25.7 Å². The highest BCUT2D eigenvalue weighted by Crippen LogP contribution is 2.43. The van der Waals surface area contributed by atoms with E-state index in [2.05, 4.69) is 16.3 Å². The van der Waals surface area contributed by atoms with Gasteiger partial charge in [0, 0.05) is 5.56 Å². The molecule has 1 aliphatic rings. The fraction of sp³-hybridized carbons (Fsp3) is 0.556. The average molecular weight is 164 g/mol. The van der Waals surface area contributed by atoms with E-state index in [-0.39, 0.29) is 0 Å². The summed E-state index contributed by atoms with van der Waals surface area (Å²) in [5.41, 5.74) is 2.20. The molecule has 0 atom stereocenters. The van der Waals surface area contributed by atoms with Gasteiger partial charge in [0.05, 0.1) is 12.8 Å². The van der Waals surface area contributed by atoms with Crippen molar-refractivity contribution in [1.82, 2.24) is 10.2 Å². The molecular weight excluding hydrogens is 152 g/mol. The van der Waals surface area contributed by atoms with Crippen molar-refractivity contribution < 1.29 is 4.74 Å². The van der Waals surface area contributed by atoms with E-state index < -0.39 is 0 Å². The highest BCUT2D eigenvalue weighted by Gasteiger charge is 2.27. The minimum atomic E-state index is 0.675. The minimum absolute atomic E-state index is 0.675. The van der Waals surface area contributed by atoms with Gasteiger partial charge in [0.15, 0.2) is 0 Å². The molecule has 64 valence electrons. The summed E-state index contributed by atoms with van der Waals surface area (Å²) in [6.07, 6.45) is 2.53. The van der Waals surface area contributed by atoms with Crippen LogP contribution in [0.1, 0.15) is 30.0 Å². The van der Waals surface area contributed by atoms with Crippen molar-refractivity contribution in [1.29, 1.82) is 0 Å². The van der Waals surface area contributed by atoms with Crippen molar-refractivity contribution in [3.63, 3.8) is 0 Å². The number of nitrogens with zero attached hydrogens (tertiary/aromatic N) is 2. The Bertz CT molecular complexity index is 295. The van der Waals surface area contributed by atoms with E-state index in [1.54, 1.807) is 7.11 Å². The van der Waals surface area contributed by atoms with Crippen LogP contribution in [0.15, 0.2) is 6.07 Å². The maximum Gasteiger partial charge on any atom is 0.236 e. The molecule has 0 bridgehead atoms. The zero-order valence-corrected chi connectivity index (χ0v) is 7.37. The van der Waals surface area contributed by atoms with Crippen LogP contribution in [0.3, 0.4) is 0 Å². The number of methoxy groups -OCH3 is 1. The Morgan fingerprint density at radius 3 is 2.75 bits per heavy atom. The molecule has 1 aromatic heterocycles. The lowest BCUT2D eigenvalue weighted by Crippen LogP contribution is -1.97. The Morgan fingerprint density at radius 1 is 1.42 bits per heavy atom. The Kier molecular flexibility index (Phi) is 1.71. The third kappa shape index (κ3) is 1.26. The first-order chi connectivity index (χ1) is 5.81. The lowest BCUT2D eigenvalue weighted by atomic mass is 10.2. The van der Waals surface area contributed by atoms with Gasteiger partial charge in [-0.25, -0.2) is 0 Å². The Morgan fingerprint density at radius 2 is 2.17 bits per heavy atom. The maximum absolute atomic E-state index is 5.13. The zero-order valence-electron chi connectivity index (χ0n) is 7.37. The number of aryl methyl sites for hydroxylation is 1. The summed E-state index contributed by atoms with van der Waals surface area (Å²) in [6, 6.07) is 2.07. The van der Waals surface area contributed by atoms with Crippen molar-refractivity contribution in [3.8, 4) is 5.88 Å². The highest BCUT2D eigenvalue weighted by molar-refractivity contribution is 5.32. The van der Waals surface area contributed by atoms with Gasteiger partial charge in [-0.15, -0.1) is 5.10 Å². The van der Waals surface area contributed by atoms with Gasteiger partial charge in [-0.1, -0.05) is 0 Å². The molecule has 2 rings (SSSR count). The SMILES string of the molecule is COc1nnc(C)cc1C1CC1. The fourth-order valence-corrected chi connectivity index (χ4v) is 1.34. The predicted octanol–water partition coefficient (Wildman–Crippen LogP) is 1.67. The topological polar surface area (TPSA) is 35.0 Å². The molecule has 0 spiro atoms. The van der Waals surface area contributed by atoms with Crippen molar-refractivity contribution in [3.05, 3.63) is 17.3 Å². The van der Waals surface area contributed by atoms with E-state index in [1.807, 2.05) is 6.92 Å². The standard InChI is InChI=1S/C9H12N2O/c1-6-5-8(7-3-4-7)9(12-2)11-10-6/h5,7H,3-4H2,1-2H3. The van der Waals surface area contributed by atoms with Gasteiger partial charge in [0.1, 0.15) is 0 Å². The van der Waals surface area contributed by atoms with Crippen molar-refractivity contribution in [2.75, 3.05) is 7.11 Å². The summed E-state index contributed by atoms with van der Waals surface area (Å²) in [7, 11) is 1.64. The molecule has 3 nitrogen and oxygen atoms in total. The fourth-order valence-electron chi connectivity index (χ4n) is 1.34. The van der Waals surface area contributed by atoms with Crippen LogP contribution in [0.2, 0.25) is 0 Å². The first-order valence-electron chi connectivity index (χ1n) is 4.19. The van der Waals surface area contributed by atoms with Crippen molar-refractivity contribution >= 4 is 0 Å². The number of hydrogen-bond acceptors (Lipinski definition) is 3. The average Bonchev–Trinajstić information content (AvgIpc) is 2.87. The van der Waals surface area contributed by atoms with E-state index >= 15 is 0 Å². The number of hydrogen-bond donors (Lipinski definition) is 0. The van der Waals surface area contributed by atoms with Crippen LogP contribution in [-0.2, 0) is 0 Å². The van der Waals surface area contributed by atoms with Crippen LogP contribution in [0.4, 0.5) is 0 Å². The summed E-state index contributed by atoms with van der Waals surface area (Å²) in [5, 5.41) is 7.93. The van der Waals surface area contributed by atoms with Gasteiger partial charge in [-0.05, 0) is 31.7 Å². The van der Waals surface area contributed by atoms with Crippen molar-refractivity contribution in [2.24, 2.45) is 0 Å². The van der Waals surface area contributed by atoms with Gasteiger partial charge < -0.3 is 4.74 Å². The van der Waals surface area contributed by atoms with Gasteiger partial charge in [0.2, 0.25) is 5.88 Å². The molecule has 1 heterocycles. The summed E-state index contributed by atoms with van der Waals surface area (Å²) < 4.78 is 5.13. The molecule has 1 saturated carbocycles. The summed E-state index contributed by atoms with van der Waals surface area (Å²) in [4.78, 5) is 0. The van der Waals surface area contributed by atoms with Gasteiger partial charge in [-0.2, -0.15) is 5.10 Å². The third-order valence-corrected chi connectivity index (χ3v) is 2.12. The summed E-state index contributed by atoms with van der Waals surface area (Å²) in [6.45, 7) is 1.96. The molecule has 1 aromatic rings. The van der Waals surface area contributed by atoms with Crippen LogP contribution >= 0.6 is 0 Å². The maximum atomic E-state index is 5.13. The lowest BCUT2D eigenvalue weighted by molar-refractivity contribution is 0.386. The number of aromatic nitrogens is 2. The molecular formula is C9H12N2O. The van der Waals surface area contributed by atoms with Crippen LogP contribution in [-0.4, -0.2) is 17.3 Å². The number of ether oxygens (including phenoxy) is 1. The minimum Gasteiger partial charge on any atom is -0.480 e. The molecule has 0 aromatic carbocycles. The van der Waals surface area contributed by atoms with E-state index in [4.69, 9.17) is 4.74 Å². The Hall–Kier alpha value is -1.12. The van der Waals surface area contributed by atoms with Gasteiger partial charge in [0.25, 0.3) is 0 Å². The molecule has 1 aliphatic carbocycles. The molecule has 0 N–H and O–H groups in total. The summed E-state index contributed by atoms with van der Waals surface area (Å²) in [5.74, 6) is 1.37. The monoisotopic (exact) mass is 164 g/mol. The Balaban J connectivity index is 2.39. The molecule has 0 amide bonds. The predicted molar refractivity (Wildman–Crippen MR) is 45.3 cm³/mol. The largest absolute Gasteiger partial charge is 0.480 e. The molecule has 12 heavy (non-hydrogen) atoms. The second kappa shape index (κ2) is 2.73. The molecule has 0 aliphatic heterocycles. The highest BCUT2D eigenvalue weighted by atomic mass is 16.5. The van der Waals surface area contributed by atoms with Crippen LogP contribution < -0.4 is 4.74 Å². The summed E-state index contributed by atoms with van der Waals surface area (Å²) >= 11 is 0. The van der Waals surface area contributed by atoms with E-state index in [9.17, 15) is 0 Å². The van der Waals surface area contributed by atoms with Crippen LogP contribution in [0, 0.1) is 6.92 Å². The second-order valence-corrected chi connectivity index (χ2v) is 3.22. The zero-order chi connectivity index (χ0) is 8.55. The van der Waals surface area contributed by atoms with Gasteiger partial charge in [-0.3, -0.25) is 0 Å². The Labute approximate surface area is 71.8 Å². The van der Waals surface area contributed by atoms with E-state index in [1.165, 1.54) is 18.4 Å². The molecule has 0 unspecified atom stereocenters. The lowest BCUT2D eigenvalue weighted by Gasteiger charge is -2.04.